The summed E-state index contributed by atoms with van der Waals surface area (Å²) in [6, 6.07) is 3.83. The molecule has 218 valence electrons. The predicted molar refractivity (Wildman–Crippen MR) is 147 cm³/mol. The topological polar surface area (TPSA) is 101 Å². The molecule has 0 spiro atoms. The van der Waals surface area contributed by atoms with Crippen molar-refractivity contribution < 1.29 is 37.3 Å². The van der Waals surface area contributed by atoms with Crippen LogP contribution in [0.3, 0.4) is 0 Å². The van der Waals surface area contributed by atoms with Crippen LogP contribution < -0.4 is 10.2 Å². The van der Waals surface area contributed by atoms with Crippen LogP contribution in [0.2, 0.25) is 0 Å². The number of aromatic nitrogens is 1. The fraction of sp³-hybridized carbons (Fsp3) is 0.577. The molecule has 8 nitrogen and oxygen atoms in total. The Kier molecular flexibility index (Phi) is 10.8. The maximum Gasteiger partial charge on any atom is 0.416 e. The third-order valence-corrected chi connectivity index (χ3v) is 7.30. The maximum absolute atomic E-state index is 13.3. The number of ether oxygens (including phenoxy) is 2. The molecular formula is C26H35BrF3N3O5S. The Hall–Kier alpha value is -2.38. The molecule has 0 saturated heterocycles. The molecule has 2 rings (SSSR count). The molecule has 0 aliphatic carbocycles. The quantitative estimate of drug-likeness (QED) is 0.293. The lowest BCUT2D eigenvalue weighted by atomic mass is 9.77. The first kappa shape index (κ1) is 32.8. The number of anilines is 1. The lowest BCUT2D eigenvalue weighted by Crippen LogP contribution is -2.50. The highest BCUT2D eigenvalue weighted by atomic mass is 79.9. The van der Waals surface area contributed by atoms with Gasteiger partial charge in [-0.25, -0.2) is 14.6 Å². The van der Waals surface area contributed by atoms with Gasteiger partial charge in [0.15, 0.2) is 5.13 Å². The molecule has 0 aliphatic heterocycles. The van der Waals surface area contributed by atoms with E-state index in [1.165, 1.54) is 19.2 Å². The number of halogens is 4. The van der Waals surface area contributed by atoms with Gasteiger partial charge in [0, 0.05) is 13.0 Å². The SMILES string of the molecule is COCc1nc(N(C[C@@H](NC(=O)OC(C)(C)C)[C@@H](CC(C)(C)C)c2ccc(C(F)(F)F)cc2)C(=O)O)sc1Br. The van der Waals surface area contributed by atoms with Crippen molar-refractivity contribution >= 4 is 44.6 Å². The van der Waals surface area contributed by atoms with Crippen LogP contribution in [-0.4, -0.2) is 47.6 Å². The third kappa shape index (κ3) is 10.3. The number of amides is 2. The highest BCUT2D eigenvalue weighted by molar-refractivity contribution is 9.11. The average molecular weight is 639 g/mol. The second-order valence-electron chi connectivity index (χ2n) is 11.3. The minimum atomic E-state index is -4.51. The van der Waals surface area contributed by atoms with E-state index in [4.69, 9.17) is 9.47 Å². The molecule has 1 aromatic heterocycles. The van der Waals surface area contributed by atoms with Gasteiger partial charge in [0.05, 0.1) is 34.2 Å². The van der Waals surface area contributed by atoms with Crippen LogP contribution in [0.1, 0.15) is 70.7 Å². The fourth-order valence-corrected chi connectivity index (χ4v) is 5.34. The normalized spacial score (nSPS) is 14.0. The van der Waals surface area contributed by atoms with Crippen molar-refractivity contribution in [3.8, 4) is 0 Å². The number of methoxy groups -OCH3 is 1. The number of carbonyl (C=O) groups excluding carboxylic acids is 1. The largest absolute Gasteiger partial charge is 0.465 e. The number of hydrogen-bond donors (Lipinski definition) is 2. The number of thiazole rings is 1. The highest BCUT2D eigenvalue weighted by Crippen LogP contribution is 2.38. The number of hydrogen-bond acceptors (Lipinski definition) is 6. The Morgan fingerprint density at radius 3 is 2.18 bits per heavy atom. The predicted octanol–water partition coefficient (Wildman–Crippen LogP) is 7.67. The molecule has 0 aliphatic rings. The first-order chi connectivity index (χ1) is 17.8. The van der Waals surface area contributed by atoms with E-state index in [1.807, 2.05) is 20.8 Å². The molecule has 1 aromatic carbocycles. The Morgan fingerprint density at radius 2 is 1.72 bits per heavy atom. The number of benzene rings is 1. The lowest BCUT2D eigenvalue weighted by Gasteiger charge is -2.35. The van der Waals surface area contributed by atoms with E-state index in [1.54, 1.807) is 20.8 Å². The van der Waals surface area contributed by atoms with Crippen molar-refractivity contribution in [3.05, 3.63) is 44.9 Å². The van der Waals surface area contributed by atoms with Gasteiger partial charge in [-0.05, 0) is 66.2 Å². The summed E-state index contributed by atoms with van der Waals surface area (Å²) in [4.78, 5) is 30.7. The number of alkyl carbamates (subject to hydrolysis) is 1. The van der Waals surface area contributed by atoms with Crippen LogP contribution in [0, 0.1) is 5.41 Å². The summed E-state index contributed by atoms with van der Waals surface area (Å²) in [6.07, 6.45) is -6.17. The molecule has 2 amide bonds. The Bertz CT molecular complexity index is 1130. The van der Waals surface area contributed by atoms with E-state index in [-0.39, 0.29) is 23.7 Å². The van der Waals surface area contributed by atoms with E-state index in [2.05, 4.69) is 26.2 Å². The Balaban J connectivity index is 2.58. The average Bonchev–Trinajstić information content (AvgIpc) is 3.12. The van der Waals surface area contributed by atoms with E-state index in [9.17, 15) is 27.9 Å². The summed E-state index contributed by atoms with van der Waals surface area (Å²) < 4.78 is 50.9. The van der Waals surface area contributed by atoms with Crippen LogP contribution in [0.15, 0.2) is 28.1 Å². The summed E-state index contributed by atoms with van der Waals surface area (Å²) in [5, 5.41) is 13.1. The molecule has 0 unspecified atom stereocenters. The summed E-state index contributed by atoms with van der Waals surface area (Å²) >= 11 is 4.47. The molecule has 1 heterocycles. The van der Waals surface area contributed by atoms with Gasteiger partial charge in [-0.15, -0.1) is 0 Å². The van der Waals surface area contributed by atoms with Crippen LogP contribution in [0.5, 0.6) is 0 Å². The third-order valence-electron chi connectivity index (χ3n) is 5.45. The summed E-state index contributed by atoms with van der Waals surface area (Å²) in [5.74, 6) is -0.566. The zero-order valence-electron chi connectivity index (χ0n) is 23.0. The fourth-order valence-electron chi connectivity index (χ4n) is 3.90. The Morgan fingerprint density at radius 1 is 1.13 bits per heavy atom. The molecule has 2 aromatic rings. The monoisotopic (exact) mass is 637 g/mol. The van der Waals surface area contributed by atoms with E-state index in [0.29, 0.717) is 21.5 Å². The number of nitrogens with one attached hydrogen (secondary N) is 1. The van der Waals surface area contributed by atoms with Crippen LogP contribution in [0.4, 0.5) is 27.9 Å². The van der Waals surface area contributed by atoms with Crippen LogP contribution in [0.25, 0.3) is 0 Å². The zero-order valence-corrected chi connectivity index (χ0v) is 25.4. The number of carbonyl (C=O) groups is 2. The van der Waals surface area contributed by atoms with Crippen molar-refractivity contribution in [2.75, 3.05) is 18.6 Å². The number of carboxylic acid groups (broad SMARTS) is 1. The van der Waals surface area contributed by atoms with E-state index >= 15 is 0 Å². The smallest absolute Gasteiger partial charge is 0.416 e. The first-order valence-electron chi connectivity index (χ1n) is 12.1. The number of alkyl halides is 3. The molecule has 2 atom stereocenters. The van der Waals surface area contributed by atoms with Gasteiger partial charge in [-0.3, -0.25) is 4.90 Å². The van der Waals surface area contributed by atoms with Gasteiger partial charge in [0.2, 0.25) is 0 Å². The zero-order chi connectivity index (χ0) is 29.8. The van der Waals surface area contributed by atoms with Gasteiger partial charge >= 0.3 is 18.4 Å². The Labute approximate surface area is 239 Å². The standard InChI is InChI=1S/C26H35BrF3N3O5S/c1-24(2,3)12-17(15-8-10-16(11-9-15)26(28,29)30)18(32-22(34)38-25(4,5)6)13-33(23(35)36)21-31-19(14-37-7)20(27)39-21/h8-11,17-18H,12-14H2,1-7H3,(H,32,34)(H,35,36)/t17-,18+/m0/s1. The second-order valence-corrected chi connectivity index (χ2v) is 13.6. The van der Waals surface area contributed by atoms with Crippen LogP contribution in [-0.2, 0) is 22.3 Å². The molecule has 0 saturated carbocycles. The summed E-state index contributed by atoms with van der Waals surface area (Å²) in [6.45, 7) is 10.9. The molecule has 0 bridgehead atoms. The second kappa shape index (κ2) is 12.9. The molecule has 39 heavy (non-hydrogen) atoms. The number of nitrogens with zero attached hydrogens (tertiary/aromatic N) is 2. The van der Waals surface area contributed by atoms with Gasteiger partial charge in [-0.1, -0.05) is 44.2 Å². The minimum absolute atomic E-state index is 0.152. The van der Waals surface area contributed by atoms with Gasteiger partial charge in [0.25, 0.3) is 0 Å². The van der Waals surface area contributed by atoms with E-state index < -0.39 is 41.5 Å². The van der Waals surface area contributed by atoms with Crippen molar-refractivity contribution in [3.63, 3.8) is 0 Å². The first-order valence-corrected chi connectivity index (χ1v) is 13.7. The van der Waals surface area contributed by atoms with Crippen molar-refractivity contribution in [1.29, 1.82) is 0 Å². The molecule has 0 fully saturated rings. The molecule has 13 heteroatoms. The van der Waals surface area contributed by atoms with E-state index in [0.717, 1.165) is 28.4 Å². The summed E-state index contributed by atoms with van der Waals surface area (Å²) in [5.41, 5.74) is -0.933. The van der Waals surface area contributed by atoms with Gasteiger partial charge < -0.3 is 19.9 Å². The molecule has 2 N–H and O–H groups in total. The van der Waals surface area contributed by atoms with Crippen molar-refractivity contribution in [2.45, 2.75) is 78.3 Å². The number of rotatable bonds is 9. The van der Waals surface area contributed by atoms with Crippen LogP contribution >= 0.6 is 27.3 Å². The van der Waals surface area contributed by atoms with Crippen molar-refractivity contribution in [1.82, 2.24) is 10.3 Å². The molecule has 0 radical (unpaired) electrons. The maximum atomic E-state index is 13.3. The summed E-state index contributed by atoms with van der Waals surface area (Å²) in [7, 11) is 1.49. The lowest BCUT2D eigenvalue weighted by molar-refractivity contribution is -0.137. The molecular weight excluding hydrogens is 603 g/mol. The minimum Gasteiger partial charge on any atom is -0.465 e. The van der Waals surface area contributed by atoms with Gasteiger partial charge in [0.1, 0.15) is 5.60 Å². The van der Waals surface area contributed by atoms with Crippen molar-refractivity contribution in [2.24, 2.45) is 5.41 Å². The highest BCUT2D eigenvalue weighted by Gasteiger charge is 2.36. The van der Waals surface area contributed by atoms with Gasteiger partial charge in [-0.2, -0.15) is 13.2 Å².